The van der Waals surface area contributed by atoms with Crippen LogP contribution in [0, 0.1) is 0 Å². The predicted molar refractivity (Wildman–Crippen MR) is 109 cm³/mol. The molecule has 0 saturated carbocycles. The summed E-state index contributed by atoms with van der Waals surface area (Å²) < 4.78 is 54.0. The number of fused-ring (bicyclic) bond motifs is 1. The molecule has 0 amide bonds. The van der Waals surface area contributed by atoms with Gasteiger partial charge in [0.05, 0.1) is 0 Å². The average Bonchev–Trinajstić information content (AvgIpc) is 3.23. The van der Waals surface area contributed by atoms with E-state index in [9.17, 15) is 18.0 Å². The van der Waals surface area contributed by atoms with Gasteiger partial charge in [-0.2, -0.15) is 13.2 Å². The lowest BCUT2D eigenvalue weighted by atomic mass is 10.1. The van der Waals surface area contributed by atoms with Gasteiger partial charge in [0.25, 0.3) is 0 Å². The van der Waals surface area contributed by atoms with E-state index in [0.29, 0.717) is 17.1 Å². The monoisotopic (exact) mass is 442 g/mol. The minimum absolute atomic E-state index is 0.0129. The van der Waals surface area contributed by atoms with Gasteiger partial charge in [0.1, 0.15) is 28.5 Å². The summed E-state index contributed by atoms with van der Waals surface area (Å²) in [7, 11) is 0. The van der Waals surface area contributed by atoms with Crippen molar-refractivity contribution in [1.29, 1.82) is 0 Å². The molecule has 2 aromatic heterocycles. The normalized spacial score (nSPS) is 11.5. The molecule has 1 N–H and O–H groups in total. The number of halogens is 3. The molecule has 0 aliphatic heterocycles. The molecule has 0 radical (unpaired) electrons. The van der Waals surface area contributed by atoms with Crippen LogP contribution in [0.3, 0.4) is 0 Å². The quantitative estimate of drug-likeness (QED) is 0.383. The van der Waals surface area contributed by atoms with Crippen molar-refractivity contribution in [2.45, 2.75) is 19.0 Å². The first-order valence-electron chi connectivity index (χ1n) is 9.59. The summed E-state index contributed by atoms with van der Waals surface area (Å²) >= 11 is 0. The Labute approximate surface area is 180 Å². The van der Waals surface area contributed by atoms with Crippen LogP contribution in [0.5, 0.6) is 23.1 Å². The lowest BCUT2D eigenvalue weighted by molar-refractivity contribution is -0.139. The molecule has 9 heteroatoms. The van der Waals surface area contributed by atoms with Crippen LogP contribution in [0.25, 0.3) is 5.65 Å². The molecule has 0 saturated heterocycles. The number of imidazole rings is 1. The highest BCUT2D eigenvalue weighted by molar-refractivity contribution is 5.67. The smallest absolute Gasteiger partial charge is 0.420 e. The number of aromatic nitrogens is 2. The molecule has 0 aliphatic rings. The number of carboxylic acid groups (broad SMARTS) is 1. The number of carboxylic acids is 1. The highest BCUT2D eigenvalue weighted by atomic mass is 19.4. The number of pyridine rings is 1. The zero-order valence-electron chi connectivity index (χ0n) is 16.5. The van der Waals surface area contributed by atoms with Gasteiger partial charge < -0.3 is 14.6 Å². The largest absolute Gasteiger partial charge is 0.481 e. The molecule has 0 unspecified atom stereocenters. The second-order valence-corrected chi connectivity index (χ2v) is 6.92. The van der Waals surface area contributed by atoms with Crippen molar-refractivity contribution < 1.29 is 32.5 Å². The number of ether oxygens (including phenoxy) is 2. The van der Waals surface area contributed by atoms with Gasteiger partial charge in [-0.15, -0.1) is 0 Å². The number of rotatable bonds is 7. The van der Waals surface area contributed by atoms with Crippen LogP contribution in [0.4, 0.5) is 13.2 Å². The third kappa shape index (κ3) is 4.83. The zero-order valence-corrected chi connectivity index (χ0v) is 16.5. The summed E-state index contributed by atoms with van der Waals surface area (Å²) in [6, 6.07) is 14.8. The highest BCUT2D eigenvalue weighted by Crippen LogP contribution is 2.41. The lowest BCUT2D eigenvalue weighted by Gasteiger charge is -2.16. The van der Waals surface area contributed by atoms with E-state index in [4.69, 9.17) is 14.6 Å². The van der Waals surface area contributed by atoms with E-state index in [0.717, 1.165) is 6.07 Å². The molecule has 0 atom stereocenters. The Morgan fingerprint density at radius 2 is 1.78 bits per heavy atom. The Morgan fingerprint density at radius 3 is 2.56 bits per heavy atom. The van der Waals surface area contributed by atoms with Crippen LogP contribution < -0.4 is 9.47 Å². The van der Waals surface area contributed by atoms with E-state index < -0.39 is 17.7 Å². The number of aryl methyl sites for hydroxylation is 1. The first-order valence-corrected chi connectivity index (χ1v) is 9.59. The van der Waals surface area contributed by atoms with E-state index in [1.165, 1.54) is 24.3 Å². The standard InChI is InChI=1S/C23H17F3N2O4/c24-23(25,26)18-14-17(32-21-6-2-5-20-27-11-12-28(20)21)8-9-19(18)31-16-4-1-3-15(13-16)7-10-22(29)30/h1-6,8-9,11-14H,7,10H2,(H,29,30). The lowest BCUT2D eigenvalue weighted by Crippen LogP contribution is -2.07. The van der Waals surface area contributed by atoms with Gasteiger partial charge in [-0.3, -0.25) is 9.20 Å². The number of hydrogen-bond acceptors (Lipinski definition) is 4. The fraction of sp³-hybridized carbons (Fsp3) is 0.130. The summed E-state index contributed by atoms with van der Waals surface area (Å²) in [5, 5.41) is 8.81. The molecule has 164 valence electrons. The Hall–Kier alpha value is -4.01. The Balaban J connectivity index is 1.61. The van der Waals surface area contributed by atoms with E-state index in [-0.39, 0.29) is 30.1 Å². The maximum absolute atomic E-state index is 13.7. The Bertz CT molecular complexity index is 1270. The summed E-state index contributed by atoms with van der Waals surface area (Å²) in [6.07, 6.45) is -1.33. The van der Waals surface area contributed by atoms with Crippen molar-refractivity contribution >= 4 is 11.6 Å². The molecule has 2 aromatic carbocycles. The second-order valence-electron chi connectivity index (χ2n) is 6.92. The Kier molecular flexibility index (Phi) is 5.72. The summed E-state index contributed by atoms with van der Waals surface area (Å²) in [5.41, 5.74) is 0.247. The van der Waals surface area contributed by atoms with Gasteiger partial charge >= 0.3 is 12.1 Å². The topological polar surface area (TPSA) is 73.1 Å². The van der Waals surface area contributed by atoms with Gasteiger partial charge in [-0.1, -0.05) is 18.2 Å². The molecule has 6 nitrogen and oxygen atoms in total. The van der Waals surface area contributed by atoms with Gasteiger partial charge in [0.15, 0.2) is 0 Å². The predicted octanol–water partition coefficient (Wildman–Crippen LogP) is 5.95. The molecule has 32 heavy (non-hydrogen) atoms. The number of aliphatic carboxylic acids is 1. The van der Waals surface area contributed by atoms with Crippen LogP contribution in [0.2, 0.25) is 0 Å². The third-order valence-corrected chi connectivity index (χ3v) is 4.62. The molecule has 2 heterocycles. The first kappa shape index (κ1) is 21.2. The molecule has 4 aromatic rings. The molecule has 0 spiro atoms. The first-order chi connectivity index (χ1) is 15.3. The molecule has 0 bridgehead atoms. The van der Waals surface area contributed by atoms with Crippen molar-refractivity contribution in [1.82, 2.24) is 9.38 Å². The fourth-order valence-electron chi connectivity index (χ4n) is 3.15. The number of alkyl halides is 3. The molecule has 4 rings (SSSR count). The van der Waals surface area contributed by atoms with Gasteiger partial charge in [-0.25, -0.2) is 4.98 Å². The van der Waals surface area contributed by atoms with Gasteiger partial charge in [0, 0.05) is 18.8 Å². The number of nitrogens with zero attached hydrogens (tertiary/aromatic N) is 2. The van der Waals surface area contributed by atoms with Crippen molar-refractivity contribution in [3.63, 3.8) is 0 Å². The minimum atomic E-state index is -4.68. The van der Waals surface area contributed by atoms with Crippen molar-refractivity contribution in [2.24, 2.45) is 0 Å². The van der Waals surface area contributed by atoms with Crippen molar-refractivity contribution in [2.75, 3.05) is 0 Å². The summed E-state index contributed by atoms with van der Waals surface area (Å²) in [6.45, 7) is 0. The maximum Gasteiger partial charge on any atom is 0.420 e. The fourth-order valence-corrected chi connectivity index (χ4v) is 3.15. The second kappa shape index (κ2) is 8.62. The molecular formula is C23H17F3N2O4. The van der Waals surface area contributed by atoms with Crippen LogP contribution >= 0.6 is 0 Å². The highest BCUT2D eigenvalue weighted by Gasteiger charge is 2.35. The maximum atomic E-state index is 13.7. The zero-order chi connectivity index (χ0) is 22.7. The third-order valence-electron chi connectivity index (χ3n) is 4.62. The summed E-state index contributed by atoms with van der Waals surface area (Å²) in [5.74, 6) is -0.872. The summed E-state index contributed by atoms with van der Waals surface area (Å²) in [4.78, 5) is 14.9. The number of hydrogen-bond donors (Lipinski definition) is 1. The van der Waals surface area contributed by atoms with Crippen LogP contribution in [0.15, 0.2) is 73.1 Å². The van der Waals surface area contributed by atoms with E-state index in [1.807, 2.05) is 0 Å². The molecule has 0 aliphatic carbocycles. The van der Waals surface area contributed by atoms with Gasteiger partial charge in [-0.05, 0) is 54.4 Å². The van der Waals surface area contributed by atoms with Crippen LogP contribution in [0.1, 0.15) is 17.5 Å². The van der Waals surface area contributed by atoms with E-state index in [1.54, 1.807) is 47.1 Å². The van der Waals surface area contributed by atoms with Crippen molar-refractivity contribution in [3.05, 3.63) is 84.2 Å². The van der Waals surface area contributed by atoms with Crippen LogP contribution in [-0.4, -0.2) is 20.5 Å². The van der Waals surface area contributed by atoms with Crippen LogP contribution in [-0.2, 0) is 17.4 Å². The molecular weight excluding hydrogens is 425 g/mol. The Morgan fingerprint density at radius 1 is 1.00 bits per heavy atom. The molecule has 0 fully saturated rings. The average molecular weight is 442 g/mol. The minimum Gasteiger partial charge on any atom is -0.481 e. The van der Waals surface area contributed by atoms with E-state index >= 15 is 0 Å². The number of carbonyl (C=O) groups is 1. The van der Waals surface area contributed by atoms with Gasteiger partial charge in [0.2, 0.25) is 5.88 Å². The SMILES string of the molecule is O=C(O)CCc1cccc(Oc2ccc(Oc3cccc4nccn34)cc2C(F)(F)F)c1. The number of benzene rings is 2. The van der Waals surface area contributed by atoms with Crippen molar-refractivity contribution in [3.8, 4) is 23.1 Å². The van der Waals surface area contributed by atoms with E-state index in [2.05, 4.69) is 4.98 Å².